The average molecular weight is 147 g/mol. The molecule has 2 rings (SSSR count). The Labute approximate surface area is 62.1 Å². The van der Waals surface area contributed by atoms with E-state index in [0.717, 1.165) is 0 Å². The summed E-state index contributed by atoms with van der Waals surface area (Å²) in [4.78, 5) is 7.46. The average Bonchev–Trinajstić information content (AvgIpc) is 2.58. The highest BCUT2D eigenvalue weighted by atomic mass is 16.5. The zero-order chi connectivity index (χ0) is 7.52. The van der Waals surface area contributed by atoms with E-state index in [-0.39, 0.29) is 0 Å². The van der Waals surface area contributed by atoms with Crippen LogP contribution in [0, 0.1) is 6.33 Å². The predicted octanol–water partition coefficient (Wildman–Crippen LogP) is 0.327. The maximum absolute atomic E-state index is 4.53. The van der Waals surface area contributed by atoms with Gasteiger partial charge in [0, 0.05) is 11.5 Å². The quantitative estimate of drug-likeness (QED) is 0.581. The molecule has 0 bridgehead atoms. The molecule has 2 heterocycles. The summed E-state index contributed by atoms with van der Waals surface area (Å²) in [6, 6.07) is 1.70. The molecule has 0 amide bonds. The molecule has 0 spiro atoms. The van der Waals surface area contributed by atoms with Gasteiger partial charge in [0.15, 0.2) is 18.3 Å². The molecule has 0 unspecified atom stereocenters. The Bertz CT molecular complexity index is 318. The molecule has 5 nitrogen and oxygen atoms in total. The number of hydrogen-bond donors (Lipinski definition) is 0. The SMILES string of the molecule is [c]1nccc(-c2conn2)n1. The summed E-state index contributed by atoms with van der Waals surface area (Å²) < 4.78 is 4.53. The first-order valence-corrected chi connectivity index (χ1v) is 2.93. The third-order valence-corrected chi connectivity index (χ3v) is 1.16. The molecule has 5 heteroatoms. The molecular weight excluding hydrogens is 144 g/mol. The van der Waals surface area contributed by atoms with E-state index < -0.39 is 0 Å². The van der Waals surface area contributed by atoms with Crippen molar-refractivity contribution >= 4 is 0 Å². The van der Waals surface area contributed by atoms with Crippen molar-refractivity contribution in [2.45, 2.75) is 0 Å². The minimum absolute atomic E-state index is 0.587. The van der Waals surface area contributed by atoms with E-state index in [1.165, 1.54) is 6.26 Å². The van der Waals surface area contributed by atoms with E-state index in [2.05, 4.69) is 31.2 Å². The maximum atomic E-state index is 4.53. The van der Waals surface area contributed by atoms with Crippen molar-refractivity contribution in [3.05, 3.63) is 24.9 Å². The molecule has 0 aliphatic rings. The zero-order valence-corrected chi connectivity index (χ0v) is 5.43. The van der Waals surface area contributed by atoms with Crippen molar-refractivity contribution < 1.29 is 4.52 Å². The number of aromatic nitrogens is 4. The minimum Gasteiger partial charge on any atom is -0.345 e. The first kappa shape index (κ1) is 5.96. The van der Waals surface area contributed by atoms with Gasteiger partial charge in [0.1, 0.15) is 0 Å². The van der Waals surface area contributed by atoms with Crippen LogP contribution < -0.4 is 0 Å². The van der Waals surface area contributed by atoms with Gasteiger partial charge in [-0.1, -0.05) is 0 Å². The molecular formula is C6H3N4O. The fourth-order valence-corrected chi connectivity index (χ4v) is 0.680. The van der Waals surface area contributed by atoms with Crippen LogP contribution >= 0.6 is 0 Å². The van der Waals surface area contributed by atoms with Gasteiger partial charge in [0.25, 0.3) is 0 Å². The van der Waals surface area contributed by atoms with Crippen molar-refractivity contribution in [1.29, 1.82) is 0 Å². The largest absolute Gasteiger partial charge is 0.345 e. The highest BCUT2D eigenvalue weighted by Gasteiger charge is 2.00. The predicted molar refractivity (Wildman–Crippen MR) is 34.2 cm³/mol. The highest BCUT2D eigenvalue weighted by molar-refractivity contribution is 5.49. The monoisotopic (exact) mass is 147 g/mol. The second-order valence-electron chi connectivity index (χ2n) is 1.83. The summed E-state index contributed by atoms with van der Waals surface area (Å²) in [7, 11) is 0. The van der Waals surface area contributed by atoms with Crippen molar-refractivity contribution in [1.82, 2.24) is 20.3 Å². The van der Waals surface area contributed by atoms with Gasteiger partial charge in [0.2, 0.25) is 0 Å². The van der Waals surface area contributed by atoms with Crippen molar-refractivity contribution in [3.8, 4) is 11.4 Å². The number of hydrogen-bond acceptors (Lipinski definition) is 5. The van der Waals surface area contributed by atoms with E-state index >= 15 is 0 Å². The molecule has 53 valence electrons. The van der Waals surface area contributed by atoms with Crippen molar-refractivity contribution in [2.24, 2.45) is 0 Å². The fourth-order valence-electron chi connectivity index (χ4n) is 0.680. The smallest absolute Gasteiger partial charge is 0.198 e. The minimum atomic E-state index is 0.587. The molecule has 11 heavy (non-hydrogen) atoms. The summed E-state index contributed by atoms with van der Waals surface area (Å²) in [6.07, 6.45) is 5.43. The summed E-state index contributed by atoms with van der Waals surface area (Å²) in [5.74, 6) is 0. The van der Waals surface area contributed by atoms with Gasteiger partial charge in [-0.05, 0) is 6.07 Å². The molecule has 2 aromatic heterocycles. The fraction of sp³-hybridized carbons (Fsp3) is 0. The van der Waals surface area contributed by atoms with E-state index in [0.29, 0.717) is 11.4 Å². The van der Waals surface area contributed by atoms with E-state index in [9.17, 15) is 0 Å². The standard InChI is InChI=1S/C6H3N4O/c1-2-7-4-8-5(1)6-3-11-10-9-6/h1-3H. The van der Waals surface area contributed by atoms with Crippen LogP contribution in [0.15, 0.2) is 23.0 Å². The first-order valence-electron chi connectivity index (χ1n) is 2.93. The lowest BCUT2D eigenvalue weighted by Crippen LogP contribution is -1.83. The Hall–Kier alpha value is -1.78. The van der Waals surface area contributed by atoms with Crippen molar-refractivity contribution in [2.75, 3.05) is 0 Å². The number of nitrogens with zero attached hydrogens (tertiary/aromatic N) is 4. The third-order valence-electron chi connectivity index (χ3n) is 1.16. The lowest BCUT2D eigenvalue weighted by atomic mass is 10.3. The van der Waals surface area contributed by atoms with Gasteiger partial charge >= 0.3 is 0 Å². The second-order valence-corrected chi connectivity index (χ2v) is 1.83. The molecule has 0 fully saturated rings. The topological polar surface area (TPSA) is 64.7 Å². The molecule has 1 radical (unpaired) electrons. The van der Waals surface area contributed by atoms with Crippen LogP contribution in [-0.2, 0) is 0 Å². The van der Waals surface area contributed by atoms with Gasteiger partial charge in [-0.2, -0.15) is 0 Å². The summed E-state index contributed by atoms with van der Waals surface area (Å²) in [6.45, 7) is 0. The molecule has 0 aliphatic heterocycles. The molecule has 0 aliphatic carbocycles. The van der Waals surface area contributed by atoms with Gasteiger partial charge < -0.3 is 4.52 Å². The Morgan fingerprint density at radius 2 is 2.36 bits per heavy atom. The zero-order valence-electron chi connectivity index (χ0n) is 5.43. The first-order chi connectivity index (χ1) is 5.47. The van der Waals surface area contributed by atoms with Crippen molar-refractivity contribution in [3.63, 3.8) is 0 Å². The van der Waals surface area contributed by atoms with Gasteiger partial charge in [-0.15, -0.1) is 5.10 Å². The maximum Gasteiger partial charge on any atom is 0.198 e. The summed E-state index contributed by atoms with van der Waals surface area (Å²) >= 11 is 0. The normalized spacial score (nSPS) is 9.82. The van der Waals surface area contributed by atoms with Crippen LogP contribution in [0.2, 0.25) is 0 Å². The summed E-state index contributed by atoms with van der Waals surface area (Å²) in [5, 5.41) is 6.96. The molecule has 0 atom stereocenters. The van der Waals surface area contributed by atoms with Gasteiger partial charge in [-0.25, -0.2) is 9.97 Å². The molecule has 0 saturated carbocycles. The van der Waals surface area contributed by atoms with E-state index in [1.54, 1.807) is 12.3 Å². The molecule has 0 saturated heterocycles. The highest BCUT2D eigenvalue weighted by Crippen LogP contribution is 2.09. The Morgan fingerprint density at radius 3 is 3.00 bits per heavy atom. The van der Waals surface area contributed by atoms with Crippen LogP contribution in [0.25, 0.3) is 11.4 Å². The van der Waals surface area contributed by atoms with Gasteiger partial charge in [-0.3, -0.25) is 0 Å². The third kappa shape index (κ3) is 1.07. The van der Waals surface area contributed by atoms with Crippen LogP contribution in [0.4, 0.5) is 0 Å². The van der Waals surface area contributed by atoms with E-state index in [4.69, 9.17) is 0 Å². The van der Waals surface area contributed by atoms with E-state index in [1.807, 2.05) is 0 Å². The molecule has 2 aromatic rings. The van der Waals surface area contributed by atoms with Crippen LogP contribution in [-0.4, -0.2) is 20.3 Å². The lowest BCUT2D eigenvalue weighted by molar-refractivity contribution is 0.393. The number of rotatable bonds is 1. The Kier molecular flexibility index (Phi) is 1.33. The molecule has 0 N–H and O–H groups in total. The Balaban J connectivity index is 2.46. The summed E-state index contributed by atoms with van der Waals surface area (Å²) in [5.41, 5.74) is 1.24. The Morgan fingerprint density at radius 1 is 1.36 bits per heavy atom. The van der Waals surface area contributed by atoms with Crippen LogP contribution in [0.3, 0.4) is 0 Å². The van der Waals surface area contributed by atoms with Gasteiger partial charge in [0.05, 0.1) is 5.69 Å². The second kappa shape index (κ2) is 2.45. The lowest BCUT2D eigenvalue weighted by Gasteiger charge is -1.87. The molecule has 0 aromatic carbocycles. The van der Waals surface area contributed by atoms with Crippen LogP contribution in [0.5, 0.6) is 0 Å². The van der Waals surface area contributed by atoms with Crippen LogP contribution in [0.1, 0.15) is 0 Å².